The van der Waals surface area contributed by atoms with Crippen LogP contribution in [0.5, 0.6) is 0 Å². The molecule has 82 valence electrons. The smallest absolute Gasteiger partial charge is 0.0874 e. The van der Waals surface area contributed by atoms with Crippen molar-refractivity contribution in [3.63, 3.8) is 0 Å². The van der Waals surface area contributed by atoms with Crippen LogP contribution >= 0.6 is 0 Å². The number of likely N-dealkylation sites (tertiary alicyclic amines) is 1. The molecule has 14 heavy (non-hydrogen) atoms. The first kappa shape index (κ1) is 11.7. The van der Waals surface area contributed by atoms with Crippen LogP contribution < -0.4 is 0 Å². The highest BCUT2D eigenvalue weighted by Crippen LogP contribution is 2.17. The Morgan fingerprint density at radius 3 is 2.57 bits per heavy atom. The van der Waals surface area contributed by atoms with Gasteiger partial charge in [0.1, 0.15) is 0 Å². The number of aliphatic hydroxyl groups excluding tert-OH is 1. The molecule has 1 rings (SSSR count). The lowest BCUT2D eigenvalue weighted by Crippen LogP contribution is -2.38. The van der Waals surface area contributed by atoms with Gasteiger partial charge in [-0.15, -0.1) is 0 Å². The molecule has 1 unspecified atom stereocenters. The highest BCUT2D eigenvalue weighted by Gasteiger charge is 2.18. The summed E-state index contributed by atoms with van der Waals surface area (Å²) in [6, 6.07) is 0. The molecular weight excluding hydrogens is 174 g/mol. The molecule has 0 radical (unpaired) electrons. The van der Waals surface area contributed by atoms with Crippen LogP contribution in [0.3, 0.4) is 0 Å². The van der Waals surface area contributed by atoms with E-state index in [1.807, 2.05) is 6.92 Å². The summed E-state index contributed by atoms with van der Waals surface area (Å²) in [6.07, 6.45) is 3.09. The van der Waals surface area contributed by atoms with Crippen molar-refractivity contribution < 1.29 is 5.11 Å². The monoisotopic (exact) mass is 197 g/mol. The molecule has 0 spiro atoms. The Kier molecular flexibility index (Phi) is 4.63. The van der Waals surface area contributed by atoms with Crippen LogP contribution in [0.2, 0.25) is 0 Å². The number of aliphatic hydroxyl groups is 1. The first-order valence-corrected chi connectivity index (χ1v) is 5.71. The number of hydrogen-bond donors (Lipinski definition) is 1. The summed E-state index contributed by atoms with van der Waals surface area (Å²) >= 11 is 0. The van der Waals surface area contributed by atoms with E-state index in [-0.39, 0.29) is 6.10 Å². The molecule has 0 bridgehead atoms. The zero-order valence-electron chi connectivity index (χ0n) is 9.50. The van der Waals surface area contributed by atoms with Gasteiger partial charge in [-0.05, 0) is 43.8 Å². The quantitative estimate of drug-likeness (QED) is 0.697. The lowest BCUT2D eigenvalue weighted by Gasteiger charge is -2.31. The third-order valence-electron chi connectivity index (χ3n) is 3.23. The fourth-order valence-electron chi connectivity index (χ4n) is 1.85. The van der Waals surface area contributed by atoms with Crippen LogP contribution in [-0.4, -0.2) is 35.7 Å². The first-order chi connectivity index (χ1) is 6.63. The van der Waals surface area contributed by atoms with Crippen LogP contribution in [0.25, 0.3) is 0 Å². The van der Waals surface area contributed by atoms with Crippen LogP contribution in [-0.2, 0) is 0 Å². The first-order valence-electron chi connectivity index (χ1n) is 5.71. The van der Waals surface area contributed by atoms with Gasteiger partial charge in [-0.1, -0.05) is 20.4 Å². The molecule has 2 nitrogen and oxygen atoms in total. The fourth-order valence-corrected chi connectivity index (χ4v) is 1.85. The van der Waals surface area contributed by atoms with Gasteiger partial charge in [-0.25, -0.2) is 0 Å². The van der Waals surface area contributed by atoms with Crippen LogP contribution in [0.15, 0.2) is 12.2 Å². The van der Waals surface area contributed by atoms with E-state index in [1.165, 1.54) is 12.8 Å². The van der Waals surface area contributed by atoms with Crippen LogP contribution in [0.1, 0.15) is 33.1 Å². The summed E-state index contributed by atoms with van der Waals surface area (Å²) in [5.74, 6) is 0.859. The summed E-state index contributed by atoms with van der Waals surface area (Å²) in [5, 5.41) is 9.79. The average molecular weight is 197 g/mol. The normalized spacial score (nSPS) is 22.2. The lowest BCUT2D eigenvalue weighted by molar-refractivity contribution is 0.110. The lowest BCUT2D eigenvalue weighted by atomic mass is 9.98. The van der Waals surface area contributed by atoms with E-state index < -0.39 is 0 Å². The zero-order valence-corrected chi connectivity index (χ0v) is 9.50. The van der Waals surface area contributed by atoms with Crippen molar-refractivity contribution in [3.05, 3.63) is 12.2 Å². The number of rotatable bonds is 4. The largest absolute Gasteiger partial charge is 0.387 e. The predicted molar refractivity (Wildman–Crippen MR) is 60.3 cm³/mol. The van der Waals surface area contributed by atoms with Crippen molar-refractivity contribution >= 4 is 0 Å². The van der Waals surface area contributed by atoms with Crippen molar-refractivity contribution in [1.82, 2.24) is 4.90 Å². The topological polar surface area (TPSA) is 23.5 Å². The van der Waals surface area contributed by atoms with Crippen molar-refractivity contribution in [3.8, 4) is 0 Å². The van der Waals surface area contributed by atoms with Crippen LogP contribution in [0.4, 0.5) is 0 Å². The van der Waals surface area contributed by atoms with Crippen molar-refractivity contribution in [1.29, 1.82) is 0 Å². The number of hydrogen-bond acceptors (Lipinski definition) is 2. The zero-order chi connectivity index (χ0) is 10.6. The summed E-state index contributed by atoms with van der Waals surface area (Å²) in [5.41, 5.74) is 0.962. The maximum Gasteiger partial charge on any atom is 0.0874 e. The number of nitrogens with zero attached hydrogens (tertiary/aromatic N) is 1. The summed E-state index contributed by atoms with van der Waals surface area (Å²) < 4.78 is 0. The molecule has 1 heterocycles. The number of β-amino-alcohol motifs (C(OH)–C–C–N with tert-alkyl or cyclic N) is 1. The van der Waals surface area contributed by atoms with Gasteiger partial charge in [0.15, 0.2) is 0 Å². The summed E-state index contributed by atoms with van der Waals surface area (Å²) in [7, 11) is 0. The van der Waals surface area contributed by atoms with Gasteiger partial charge in [0.05, 0.1) is 6.10 Å². The van der Waals surface area contributed by atoms with Crippen molar-refractivity contribution in [2.24, 2.45) is 5.92 Å². The van der Waals surface area contributed by atoms with Gasteiger partial charge in [0.25, 0.3) is 0 Å². The second-order valence-electron chi connectivity index (χ2n) is 4.51. The molecule has 1 aliphatic heterocycles. The second kappa shape index (κ2) is 5.52. The summed E-state index contributed by atoms with van der Waals surface area (Å²) in [6.45, 7) is 11.3. The third-order valence-corrected chi connectivity index (χ3v) is 3.23. The Morgan fingerprint density at radius 1 is 1.50 bits per heavy atom. The summed E-state index contributed by atoms with van der Waals surface area (Å²) in [4.78, 5) is 2.35. The molecule has 0 saturated carbocycles. The van der Waals surface area contributed by atoms with Gasteiger partial charge in [-0.2, -0.15) is 0 Å². The van der Waals surface area contributed by atoms with Gasteiger partial charge >= 0.3 is 0 Å². The number of piperidine rings is 1. The van der Waals surface area contributed by atoms with E-state index >= 15 is 0 Å². The average Bonchev–Trinajstić information content (AvgIpc) is 2.20. The Hall–Kier alpha value is -0.340. The Morgan fingerprint density at radius 2 is 2.07 bits per heavy atom. The molecule has 1 saturated heterocycles. The minimum absolute atomic E-state index is 0.326. The molecular formula is C12H23NO. The van der Waals surface area contributed by atoms with E-state index in [4.69, 9.17) is 0 Å². The molecule has 0 aromatic carbocycles. The van der Waals surface area contributed by atoms with Gasteiger partial charge < -0.3 is 10.0 Å². The SMILES string of the molecule is C=C(CC)C(O)CN1CCC(C)CC1. The van der Waals surface area contributed by atoms with Crippen molar-refractivity contribution in [2.75, 3.05) is 19.6 Å². The molecule has 0 aliphatic carbocycles. The minimum atomic E-state index is -0.326. The fraction of sp³-hybridized carbons (Fsp3) is 0.833. The maximum atomic E-state index is 9.79. The van der Waals surface area contributed by atoms with E-state index in [1.54, 1.807) is 0 Å². The minimum Gasteiger partial charge on any atom is -0.387 e. The van der Waals surface area contributed by atoms with E-state index in [0.717, 1.165) is 37.5 Å². The molecule has 1 aliphatic rings. The molecule has 0 aromatic heterocycles. The van der Waals surface area contributed by atoms with Gasteiger partial charge in [-0.3, -0.25) is 0 Å². The van der Waals surface area contributed by atoms with Crippen LogP contribution in [0, 0.1) is 5.92 Å². The third kappa shape index (κ3) is 3.43. The Bertz CT molecular complexity index is 183. The van der Waals surface area contributed by atoms with E-state index in [0.29, 0.717) is 0 Å². The highest BCUT2D eigenvalue weighted by molar-refractivity contribution is 5.01. The Labute approximate surface area is 87.6 Å². The highest BCUT2D eigenvalue weighted by atomic mass is 16.3. The molecule has 0 amide bonds. The molecule has 1 atom stereocenters. The molecule has 0 aromatic rings. The van der Waals surface area contributed by atoms with E-state index in [9.17, 15) is 5.11 Å². The maximum absolute atomic E-state index is 9.79. The Balaban J connectivity index is 2.27. The molecule has 1 fully saturated rings. The van der Waals surface area contributed by atoms with Crippen molar-refractivity contribution in [2.45, 2.75) is 39.2 Å². The van der Waals surface area contributed by atoms with Gasteiger partial charge in [0.2, 0.25) is 0 Å². The molecule has 1 N–H and O–H groups in total. The van der Waals surface area contributed by atoms with E-state index in [2.05, 4.69) is 18.4 Å². The predicted octanol–water partition coefficient (Wildman–Crippen LogP) is 2.05. The van der Waals surface area contributed by atoms with Gasteiger partial charge in [0, 0.05) is 6.54 Å². The standard InChI is InChI=1S/C12H23NO/c1-4-11(3)12(14)9-13-7-5-10(2)6-8-13/h10,12,14H,3-9H2,1-2H3. The second-order valence-corrected chi connectivity index (χ2v) is 4.51. The molecule has 2 heteroatoms.